The van der Waals surface area contributed by atoms with E-state index < -0.39 is 0 Å². The number of benzene rings is 1. The molecule has 19 heavy (non-hydrogen) atoms. The first-order valence-electron chi connectivity index (χ1n) is 6.54. The van der Waals surface area contributed by atoms with Gasteiger partial charge in [0.05, 0.1) is 6.04 Å². The maximum absolute atomic E-state index is 5.54. The van der Waals surface area contributed by atoms with Crippen molar-refractivity contribution in [2.24, 2.45) is 16.8 Å². The molecule has 0 heterocycles. The van der Waals surface area contributed by atoms with Gasteiger partial charge in [0.2, 0.25) is 5.96 Å². The number of hydrazine groups is 1. The average Bonchev–Trinajstić information content (AvgIpc) is 2.37. The summed E-state index contributed by atoms with van der Waals surface area (Å²) in [4.78, 5) is 6.79. The van der Waals surface area contributed by atoms with Gasteiger partial charge in [0.25, 0.3) is 0 Å². The number of hydrogen-bond acceptors (Lipinski definition) is 3. The molecule has 1 atom stereocenters. The largest absolute Gasteiger partial charge is 0.325 e. The summed E-state index contributed by atoms with van der Waals surface area (Å²) in [6, 6.07) is 10.1. The second-order valence-corrected chi connectivity index (χ2v) is 5.19. The lowest BCUT2D eigenvalue weighted by atomic mass is 10.1. The van der Waals surface area contributed by atoms with Crippen molar-refractivity contribution >= 4 is 11.6 Å². The van der Waals surface area contributed by atoms with E-state index in [1.807, 2.05) is 44.4 Å². The summed E-state index contributed by atoms with van der Waals surface area (Å²) < 4.78 is 0. The zero-order chi connectivity index (χ0) is 14.3. The maximum Gasteiger partial charge on any atom is 0.210 e. The molecule has 5 heteroatoms. The SMILES string of the molecule is CC(C)C(CN(C)C)N=C(NN)Nc1ccccc1. The highest BCUT2D eigenvalue weighted by Gasteiger charge is 2.14. The van der Waals surface area contributed by atoms with Crippen LogP contribution < -0.4 is 16.6 Å². The van der Waals surface area contributed by atoms with Crippen molar-refractivity contribution in [1.29, 1.82) is 0 Å². The predicted octanol–water partition coefficient (Wildman–Crippen LogP) is 1.50. The molecule has 0 radical (unpaired) electrons. The third kappa shape index (κ3) is 5.72. The zero-order valence-electron chi connectivity index (χ0n) is 12.2. The lowest BCUT2D eigenvalue weighted by molar-refractivity contribution is 0.331. The van der Waals surface area contributed by atoms with Crippen molar-refractivity contribution in [2.45, 2.75) is 19.9 Å². The normalized spacial score (nSPS) is 13.7. The van der Waals surface area contributed by atoms with E-state index in [0.717, 1.165) is 12.2 Å². The van der Waals surface area contributed by atoms with Gasteiger partial charge in [0.1, 0.15) is 0 Å². The molecule has 0 amide bonds. The molecule has 0 saturated heterocycles. The molecular formula is C14H25N5. The molecule has 5 nitrogen and oxygen atoms in total. The lowest BCUT2D eigenvalue weighted by Gasteiger charge is -2.22. The number of likely N-dealkylation sites (N-methyl/N-ethyl adjacent to an activating group) is 1. The van der Waals surface area contributed by atoms with Gasteiger partial charge in [0, 0.05) is 12.2 Å². The number of nitrogens with zero attached hydrogens (tertiary/aromatic N) is 2. The third-order valence-electron chi connectivity index (χ3n) is 2.79. The van der Waals surface area contributed by atoms with Crippen LogP contribution in [0, 0.1) is 5.92 Å². The van der Waals surface area contributed by atoms with Gasteiger partial charge in [-0.15, -0.1) is 0 Å². The lowest BCUT2D eigenvalue weighted by Crippen LogP contribution is -2.39. The van der Waals surface area contributed by atoms with E-state index in [0.29, 0.717) is 11.9 Å². The smallest absolute Gasteiger partial charge is 0.210 e. The minimum atomic E-state index is 0.192. The van der Waals surface area contributed by atoms with Gasteiger partial charge >= 0.3 is 0 Å². The summed E-state index contributed by atoms with van der Waals surface area (Å²) in [6.45, 7) is 5.21. The molecule has 0 aromatic heterocycles. The number of nitrogens with two attached hydrogens (primary N) is 1. The number of guanidine groups is 1. The second-order valence-electron chi connectivity index (χ2n) is 5.19. The summed E-state index contributed by atoms with van der Waals surface area (Å²) >= 11 is 0. The fraction of sp³-hybridized carbons (Fsp3) is 0.500. The highest BCUT2D eigenvalue weighted by Crippen LogP contribution is 2.09. The van der Waals surface area contributed by atoms with E-state index in [-0.39, 0.29) is 6.04 Å². The summed E-state index contributed by atoms with van der Waals surface area (Å²) in [6.07, 6.45) is 0. The summed E-state index contributed by atoms with van der Waals surface area (Å²) in [5, 5.41) is 3.18. The first kappa shape index (κ1) is 15.5. The molecule has 0 aliphatic heterocycles. The Kier molecular flexibility index (Phi) is 6.32. The molecule has 0 fully saturated rings. The number of hydrogen-bond donors (Lipinski definition) is 3. The van der Waals surface area contributed by atoms with E-state index in [2.05, 4.69) is 34.5 Å². The van der Waals surface area contributed by atoms with E-state index >= 15 is 0 Å². The van der Waals surface area contributed by atoms with Crippen molar-refractivity contribution in [2.75, 3.05) is 26.0 Å². The van der Waals surface area contributed by atoms with E-state index in [9.17, 15) is 0 Å². The zero-order valence-corrected chi connectivity index (χ0v) is 12.2. The van der Waals surface area contributed by atoms with Gasteiger partial charge in [-0.05, 0) is 32.1 Å². The fourth-order valence-corrected chi connectivity index (χ4v) is 1.70. The molecule has 1 rings (SSSR count). The first-order chi connectivity index (χ1) is 9.02. The van der Waals surface area contributed by atoms with E-state index in [1.165, 1.54) is 0 Å². The van der Waals surface area contributed by atoms with Gasteiger partial charge in [-0.25, -0.2) is 10.8 Å². The molecule has 0 aliphatic carbocycles. The standard InChI is InChI=1S/C14H25N5/c1-11(2)13(10-19(3)4)17-14(18-15)16-12-8-6-5-7-9-12/h5-9,11,13H,10,15H2,1-4H3,(H2,16,17,18). The Morgan fingerprint density at radius 1 is 1.26 bits per heavy atom. The predicted molar refractivity (Wildman–Crippen MR) is 82.0 cm³/mol. The molecule has 1 aromatic rings. The van der Waals surface area contributed by atoms with Crippen molar-refractivity contribution in [1.82, 2.24) is 10.3 Å². The number of nitrogens with one attached hydrogen (secondary N) is 2. The van der Waals surface area contributed by atoms with E-state index in [1.54, 1.807) is 0 Å². The molecule has 0 spiro atoms. The molecular weight excluding hydrogens is 238 g/mol. The van der Waals surface area contributed by atoms with Gasteiger partial charge in [-0.2, -0.15) is 0 Å². The Morgan fingerprint density at radius 2 is 1.89 bits per heavy atom. The number of aliphatic imine (C=N–C) groups is 1. The molecule has 1 unspecified atom stereocenters. The molecule has 0 bridgehead atoms. The molecule has 106 valence electrons. The van der Waals surface area contributed by atoms with Crippen LogP contribution in [0.4, 0.5) is 5.69 Å². The van der Waals surface area contributed by atoms with Crippen LogP contribution in [0.3, 0.4) is 0 Å². The summed E-state index contributed by atoms with van der Waals surface area (Å²) in [5.41, 5.74) is 3.59. The second kappa shape index (κ2) is 7.76. The number of para-hydroxylation sites is 1. The van der Waals surface area contributed by atoms with Crippen LogP contribution in [-0.4, -0.2) is 37.5 Å². The molecule has 4 N–H and O–H groups in total. The Balaban J connectivity index is 2.78. The number of anilines is 1. The highest BCUT2D eigenvalue weighted by molar-refractivity contribution is 5.93. The van der Waals surface area contributed by atoms with Crippen LogP contribution in [0.5, 0.6) is 0 Å². The van der Waals surface area contributed by atoms with Crippen molar-refractivity contribution in [3.05, 3.63) is 30.3 Å². The summed E-state index contributed by atoms with van der Waals surface area (Å²) in [7, 11) is 4.09. The van der Waals surface area contributed by atoms with Crippen molar-refractivity contribution < 1.29 is 0 Å². The van der Waals surface area contributed by atoms with Gasteiger partial charge in [0.15, 0.2) is 0 Å². The van der Waals surface area contributed by atoms with Gasteiger partial charge in [-0.1, -0.05) is 32.0 Å². The average molecular weight is 263 g/mol. The van der Waals surface area contributed by atoms with Gasteiger partial charge in [-0.3, -0.25) is 5.43 Å². The fourth-order valence-electron chi connectivity index (χ4n) is 1.70. The van der Waals surface area contributed by atoms with Crippen LogP contribution in [0.1, 0.15) is 13.8 Å². The van der Waals surface area contributed by atoms with Crippen molar-refractivity contribution in [3.63, 3.8) is 0 Å². The Hall–Kier alpha value is -1.59. The Labute approximate surface area is 115 Å². The van der Waals surface area contributed by atoms with Crippen LogP contribution >= 0.6 is 0 Å². The molecule has 1 aromatic carbocycles. The maximum atomic E-state index is 5.54. The quantitative estimate of drug-likeness (QED) is 0.326. The number of rotatable bonds is 5. The topological polar surface area (TPSA) is 65.7 Å². The third-order valence-corrected chi connectivity index (χ3v) is 2.79. The van der Waals surface area contributed by atoms with Crippen LogP contribution in [0.15, 0.2) is 35.3 Å². The Bertz CT molecular complexity index is 386. The monoisotopic (exact) mass is 263 g/mol. The first-order valence-corrected chi connectivity index (χ1v) is 6.54. The Morgan fingerprint density at radius 3 is 2.37 bits per heavy atom. The van der Waals surface area contributed by atoms with Crippen molar-refractivity contribution in [3.8, 4) is 0 Å². The van der Waals surface area contributed by atoms with Crippen LogP contribution in [-0.2, 0) is 0 Å². The minimum Gasteiger partial charge on any atom is -0.325 e. The van der Waals surface area contributed by atoms with Crippen LogP contribution in [0.25, 0.3) is 0 Å². The molecule has 0 aliphatic rings. The highest BCUT2D eigenvalue weighted by atomic mass is 15.3. The molecule has 0 saturated carbocycles. The minimum absolute atomic E-state index is 0.192. The van der Waals surface area contributed by atoms with Gasteiger partial charge < -0.3 is 10.2 Å². The van der Waals surface area contributed by atoms with Crippen LogP contribution in [0.2, 0.25) is 0 Å². The summed E-state index contributed by atoms with van der Waals surface area (Å²) in [5.74, 6) is 6.58. The van der Waals surface area contributed by atoms with E-state index in [4.69, 9.17) is 5.84 Å².